The Morgan fingerprint density at radius 2 is 2.25 bits per heavy atom. The molecule has 3 heteroatoms. The molecule has 16 heavy (non-hydrogen) atoms. The second-order valence-corrected chi connectivity index (χ2v) is 5.27. The van der Waals surface area contributed by atoms with Crippen LogP contribution in [0.3, 0.4) is 0 Å². The van der Waals surface area contributed by atoms with Crippen molar-refractivity contribution in [1.29, 1.82) is 0 Å². The monoisotopic (exact) mass is 238 g/mol. The van der Waals surface area contributed by atoms with Gasteiger partial charge in [-0.3, -0.25) is 0 Å². The maximum Gasteiger partial charge on any atom is 0.0119 e. The van der Waals surface area contributed by atoms with Crippen molar-refractivity contribution >= 4 is 11.3 Å². The van der Waals surface area contributed by atoms with Gasteiger partial charge in [0.2, 0.25) is 0 Å². The van der Waals surface area contributed by atoms with E-state index in [-0.39, 0.29) is 0 Å². The molecule has 0 aliphatic carbocycles. The van der Waals surface area contributed by atoms with Crippen LogP contribution in [-0.2, 0) is 6.42 Å². The highest BCUT2D eigenvalue weighted by atomic mass is 32.1. The molecule has 1 N–H and O–H groups in total. The predicted molar refractivity (Wildman–Crippen MR) is 71.2 cm³/mol. The zero-order chi connectivity index (χ0) is 11.2. The molecular weight excluding hydrogens is 216 g/mol. The average Bonchev–Trinajstić information content (AvgIpc) is 2.84. The zero-order valence-corrected chi connectivity index (χ0v) is 10.9. The number of nitrogens with zero attached hydrogens (tertiary/aromatic N) is 1. The molecule has 1 aromatic rings. The minimum absolute atomic E-state index is 0.810. The van der Waals surface area contributed by atoms with Crippen LogP contribution in [0.15, 0.2) is 16.8 Å². The topological polar surface area (TPSA) is 15.3 Å². The molecule has 0 amide bonds. The van der Waals surface area contributed by atoms with Crippen molar-refractivity contribution in [2.24, 2.45) is 0 Å². The molecule has 2 rings (SSSR count). The Kier molecular flexibility index (Phi) is 4.82. The molecule has 2 nitrogen and oxygen atoms in total. The molecule has 0 saturated carbocycles. The van der Waals surface area contributed by atoms with Gasteiger partial charge in [-0.25, -0.2) is 0 Å². The van der Waals surface area contributed by atoms with Gasteiger partial charge in [0, 0.05) is 12.6 Å². The summed E-state index contributed by atoms with van der Waals surface area (Å²) in [6.07, 6.45) is 3.84. The van der Waals surface area contributed by atoms with Crippen molar-refractivity contribution in [2.75, 3.05) is 26.2 Å². The summed E-state index contributed by atoms with van der Waals surface area (Å²) in [7, 11) is 0. The summed E-state index contributed by atoms with van der Waals surface area (Å²) in [5.41, 5.74) is 1.50. The van der Waals surface area contributed by atoms with Crippen molar-refractivity contribution in [3.63, 3.8) is 0 Å². The lowest BCUT2D eigenvalue weighted by atomic mass is 10.0. The summed E-state index contributed by atoms with van der Waals surface area (Å²) in [6, 6.07) is 3.06. The maximum absolute atomic E-state index is 3.44. The normalized spacial score (nSPS) is 18.1. The van der Waals surface area contributed by atoms with Crippen LogP contribution in [0.2, 0.25) is 0 Å². The van der Waals surface area contributed by atoms with Crippen molar-refractivity contribution in [3.05, 3.63) is 22.4 Å². The summed E-state index contributed by atoms with van der Waals surface area (Å²) in [4.78, 5) is 2.65. The van der Waals surface area contributed by atoms with Gasteiger partial charge in [0.05, 0.1) is 0 Å². The quantitative estimate of drug-likeness (QED) is 0.847. The molecule has 0 spiro atoms. The van der Waals surface area contributed by atoms with E-state index >= 15 is 0 Å². The van der Waals surface area contributed by atoms with Gasteiger partial charge in [-0.2, -0.15) is 11.3 Å². The van der Waals surface area contributed by atoms with Gasteiger partial charge >= 0.3 is 0 Å². The van der Waals surface area contributed by atoms with E-state index < -0.39 is 0 Å². The Morgan fingerprint density at radius 1 is 1.44 bits per heavy atom. The van der Waals surface area contributed by atoms with E-state index in [9.17, 15) is 0 Å². The number of nitrogens with one attached hydrogen (secondary N) is 1. The first-order valence-electron chi connectivity index (χ1n) is 6.36. The molecule has 1 fully saturated rings. The summed E-state index contributed by atoms with van der Waals surface area (Å²) < 4.78 is 0. The molecule has 1 aliphatic heterocycles. The lowest BCUT2D eigenvalue weighted by Crippen LogP contribution is -2.43. The lowest BCUT2D eigenvalue weighted by molar-refractivity contribution is 0.172. The van der Waals surface area contributed by atoms with Gasteiger partial charge < -0.3 is 10.2 Å². The highest BCUT2D eigenvalue weighted by molar-refractivity contribution is 7.07. The number of likely N-dealkylation sites (N-methyl/N-ethyl adjacent to an activating group) is 1. The maximum atomic E-state index is 3.44. The number of piperidine rings is 1. The predicted octanol–water partition coefficient (Wildman–Crippen LogP) is 2.36. The molecule has 1 aromatic heterocycles. The van der Waals surface area contributed by atoms with E-state index in [0.717, 1.165) is 6.04 Å². The summed E-state index contributed by atoms with van der Waals surface area (Å²) in [5.74, 6) is 0. The first-order chi connectivity index (χ1) is 7.90. The van der Waals surface area contributed by atoms with Crippen molar-refractivity contribution in [2.45, 2.75) is 32.2 Å². The van der Waals surface area contributed by atoms with Gasteiger partial charge in [0.15, 0.2) is 0 Å². The van der Waals surface area contributed by atoms with Crippen LogP contribution in [0.1, 0.15) is 25.3 Å². The zero-order valence-electron chi connectivity index (χ0n) is 10.1. The van der Waals surface area contributed by atoms with E-state index in [1.807, 2.05) is 0 Å². The van der Waals surface area contributed by atoms with Crippen LogP contribution in [0.25, 0.3) is 0 Å². The fraction of sp³-hybridized carbons (Fsp3) is 0.692. The Hall–Kier alpha value is -0.380. The molecule has 0 radical (unpaired) electrons. The van der Waals surface area contributed by atoms with E-state index in [0.29, 0.717) is 0 Å². The third kappa shape index (κ3) is 3.30. The van der Waals surface area contributed by atoms with E-state index in [2.05, 4.69) is 34.0 Å². The van der Waals surface area contributed by atoms with Gasteiger partial charge in [-0.05, 0) is 61.3 Å². The largest absolute Gasteiger partial charge is 0.317 e. The Morgan fingerprint density at radius 3 is 2.88 bits per heavy atom. The third-order valence-electron chi connectivity index (χ3n) is 3.50. The minimum atomic E-state index is 0.810. The Balaban J connectivity index is 1.80. The van der Waals surface area contributed by atoms with Gasteiger partial charge in [-0.1, -0.05) is 6.92 Å². The highest BCUT2D eigenvalue weighted by Crippen LogP contribution is 2.13. The van der Waals surface area contributed by atoms with E-state index in [1.54, 1.807) is 11.3 Å². The molecule has 1 saturated heterocycles. The standard InChI is InChI=1S/C13H22N2S/c1-2-15(13-3-7-14-8-4-13)9-5-12-6-10-16-11-12/h6,10-11,13-14H,2-5,7-9H2,1H3. The van der Waals surface area contributed by atoms with Gasteiger partial charge in [0.25, 0.3) is 0 Å². The Bertz CT molecular complexity index is 278. The van der Waals surface area contributed by atoms with E-state index in [4.69, 9.17) is 0 Å². The smallest absolute Gasteiger partial charge is 0.0119 e. The summed E-state index contributed by atoms with van der Waals surface area (Å²) in [6.45, 7) is 7.08. The molecule has 90 valence electrons. The van der Waals surface area contributed by atoms with Crippen LogP contribution < -0.4 is 5.32 Å². The number of hydrogen-bond acceptors (Lipinski definition) is 3. The first-order valence-corrected chi connectivity index (χ1v) is 7.30. The Labute approximate surface area is 103 Å². The van der Waals surface area contributed by atoms with Crippen molar-refractivity contribution in [1.82, 2.24) is 10.2 Å². The second kappa shape index (κ2) is 6.38. The first kappa shape index (κ1) is 12.1. The summed E-state index contributed by atoms with van der Waals surface area (Å²) in [5, 5.41) is 7.89. The molecule has 2 heterocycles. The molecular formula is C13H22N2S. The fourth-order valence-corrected chi connectivity index (χ4v) is 3.18. The third-order valence-corrected chi connectivity index (χ3v) is 4.23. The number of rotatable bonds is 5. The van der Waals surface area contributed by atoms with E-state index in [1.165, 1.54) is 51.0 Å². The SMILES string of the molecule is CCN(CCc1ccsc1)C1CCNCC1. The highest BCUT2D eigenvalue weighted by Gasteiger charge is 2.18. The molecule has 0 atom stereocenters. The van der Waals surface area contributed by atoms with Crippen molar-refractivity contribution in [3.8, 4) is 0 Å². The number of hydrogen-bond donors (Lipinski definition) is 1. The summed E-state index contributed by atoms with van der Waals surface area (Å²) >= 11 is 1.81. The van der Waals surface area contributed by atoms with Crippen molar-refractivity contribution < 1.29 is 0 Å². The minimum Gasteiger partial charge on any atom is -0.317 e. The van der Waals surface area contributed by atoms with Gasteiger partial charge in [-0.15, -0.1) is 0 Å². The van der Waals surface area contributed by atoms with Gasteiger partial charge in [0.1, 0.15) is 0 Å². The molecule has 0 aromatic carbocycles. The average molecular weight is 238 g/mol. The molecule has 0 unspecified atom stereocenters. The van der Waals surface area contributed by atoms with Crippen LogP contribution in [-0.4, -0.2) is 37.1 Å². The van der Waals surface area contributed by atoms with Crippen LogP contribution in [0, 0.1) is 0 Å². The molecule has 1 aliphatic rings. The fourth-order valence-electron chi connectivity index (χ4n) is 2.48. The molecule has 0 bridgehead atoms. The van der Waals surface area contributed by atoms with Crippen LogP contribution >= 0.6 is 11.3 Å². The second-order valence-electron chi connectivity index (χ2n) is 4.49. The lowest BCUT2D eigenvalue weighted by Gasteiger charge is -2.33. The van der Waals surface area contributed by atoms with Crippen LogP contribution in [0.5, 0.6) is 0 Å². The van der Waals surface area contributed by atoms with Crippen LogP contribution in [0.4, 0.5) is 0 Å². The number of thiophene rings is 1.